The van der Waals surface area contributed by atoms with E-state index in [1.54, 1.807) is 13.2 Å². The molecule has 1 atom stereocenters. The number of amides is 1. The van der Waals surface area contributed by atoms with Crippen molar-refractivity contribution in [3.05, 3.63) is 28.2 Å². The van der Waals surface area contributed by atoms with Crippen LogP contribution < -0.4 is 4.74 Å². The van der Waals surface area contributed by atoms with Gasteiger partial charge in [0, 0.05) is 22.8 Å². The Bertz CT molecular complexity index is 453. The lowest BCUT2D eigenvalue weighted by atomic mass is 10.2. The average Bonchev–Trinajstić information content (AvgIpc) is 2.87. The molecule has 0 radical (unpaired) electrons. The highest BCUT2D eigenvalue weighted by molar-refractivity contribution is 9.10. The third kappa shape index (κ3) is 2.83. The average molecular weight is 330 g/mol. The molecule has 98 valence electrons. The summed E-state index contributed by atoms with van der Waals surface area (Å²) in [6, 6.07) is 5.49. The first kappa shape index (κ1) is 13.7. The van der Waals surface area contributed by atoms with Crippen LogP contribution in [0.5, 0.6) is 5.75 Å². The summed E-state index contributed by atoms with van der Waals surface area (Å²) in [5.74, 6) is 0.791. The van der Waals surface area contributed by atoms with Crippen molar-refractivity contribution >= 4 is 33.6 Å². The number of ether oxygens (including phenoxy) is 1. The number of halogens is 1. The first-order chi connectivity index (χ1) is 8.65. The summed E-state index contributed by atoms with van der Waals surface area (Å²) in [6.07, 6.45) is 3.18. The molecule has 18 heavy (non-hydrogen) atoms. The van der Waals surface area contributed by atoms with Gasteiger partial charge in [0.1, 0.15) is 5.75 Å². The number of rotatable bonds is 3. The minimum atomic E-state index is 0.0809. The summed E-state index contributed by atoms with van der Waals surface area (Å²) in [5.41, 5.74) is 0.677. The molecule has 5 heteroatoms. The maximum atomic E-state index is 12.4. The number of carbonyl (C=O) groups excluding carboxylic acids is 1. The molecule has 3 nitrogen and oxygen atoms in total. The van der Waals surface area contributed by atoms with E-state index in [0.717, 1.165) is 24.0 Å². The van der Waals surface area contributed by atoms with Crippen LogP contribution in [0, 0.1) is 0 Å². The van der Waals surface area contributed by atoms with E-state index in [2.05, 4.69) is 22.2 Å². The number of methoxy groups -OCH3 is 1. The van der Waals surface area contributed by atoms with Crippen molar-refractivity contribution in [1.29, 1.82) is 0 Å². The number of hydrogen-bond acceptors (Lipinski definition) is 3. The zero-order valence-corrected chi connectivity index (χ0v) is 12.9. The fraction of sp³-hybridized carbons (Fsp3) is 0.462. The molecular formula is C13H16BrNO2S. The van der Waals surface area contributed by atoms with Gasteiger partial charge in [0.05, 0.1) is 12.7 Å². The predicted molar refractivity (Wildman–Crippen MR) is 78.5 cm³/mol. The van der Waals surface area contributed by atoms with Crippen LogP contribution in [0.15, 0.2) is 22.7 Å². The van der Waals surface area contributed by atoms with Gasteiger partial charge in [-0.15, -0.1) is 0 Å². The van der Waals surface area contributed by atoms with Crippen molar-refractivity contribution in [3.63, 3.8) is 0 Å². The Morgan fingerprint density at radius 3 is 2.94 bits per heavy atom. The monoisotopic (exact) mass is 329 g/mol. The summed E-state index contributed by atoms with van der Waals surface area (Å²) >= 11 is 5.26. The van der Waals surface area contributed by atoms with Gasteiger partial charge < -0.3 is 9.64 Å². The summed E-state index contributed by atoms with van der Waals surface area (Å²) in [4.78, 5) is 14.3. The number of benzene rings is 1. The highest BCUT2D eigenvalue weighted by Crippen LogP contribution is 2.27. The van der Waals surface area contributed by atoms with E-state index in [0.29, 0.717) is 16.6 Å². The van der Waals surface area contributed by atoms with E-state index >= 15 is 0 Å². The number of hydrogen-bond donors (Lipinski definition) is 0. The second-order valence-corrected chi connectivity index (χ2v) is 6.24. The molecule has 0 bridgehead atoms. The Hall–Kier alpha value is -0.680. The van der Waals surface area contributed by atoms with Crippen molar-refractivity contribution in [2.24, 2.45) is 0 Å². The largest absolute Gasteiger partial charge is 0.497 e. The summed E-state index contributed by atoms with van der Waals surface area (Å²) in [5, 5.41) is 0.568. The number of thioether (sulfide) groups is 1. The minimum absolute atomic E-state index is 0.0809. The van der Waals surface area contributed by atoms with E-state index in [4.69, 9.17) is 4.74 Å². The lowest BCUT2D eigenvalue weighted by molar-refractivity contribution is 0.0792. The zero-order valence-electron chi connectivity index (χ0n) is 10.5. The second-order valence-electron chi connectivity index (χ2n) is 4.24. The fourth-order valence-corrected chi connectivity index (χ4v) is 3.16. The molecule has 0 N–H and O–H groups in total. The topological polar surface area (TPSA) is 29.5 Å². The normalized spacial score (nSPS) is 19.1. The molecule has 1 aromatic carbocycles. The molecule has 2 rings (SSSR count). The standard InChI is InChI=1S/C13H16BrNO2S/c1-17-9-3-4-12(14)11(7-9)13(16)15-6-5-10(8-15)18-2/h3-4,7,10H,5-6,8H2,1-2H3/t10-/m1/s1. The Morgan fingerprint density at radius 2 is 2.33 bits per heavy atom. The third-order valence-corrected chi connectivity index (χ3v) is 4.91. The van der Waals surface area contributed by atoms with Crippen LogP contribution in [0.3, 0.4) is 0 Å². The van der Waals surface area contributed by atoms with Gasteiger partial charge in [0.2, 0.25) is 0 Å². The molecule has 0 aliphatic carbocycles. The Morgan fingerprint density at radius 1 is 1.56 bits per heavy atom. The van der Waals surface area contributed by atoms with Crippen molar-refractivity contribution in [1.82, 2.24) is 4.90 Å². The second kappa shape index (κ2) is 5.97. The smallest absolute Gasteiger partial charge is 0.255 e. The number of nitrogens with zero attached hydrogens (tertiary/aromatic N) is 1. The van der Waals surface area contributed by atoms with Gasteiger partial charge in [-0.25, -0.2) is 0 Å². The minimum Gasteiger partial charge on any atom is -0.497 e. The quantitative estimate of drug-likeness (QED) is 0.853. The van der Waals surface area contributed by atoms with Gasteiger partial charge in [-0.05, 0) is 46.8 Å². The molecule has 1 aliphatic rings. The molecular weight excluding hydrogens is 314 g/mol. The molecule has 1 aromatic rings. The Balaban J connectivity index is 2.18. The molecule has 1 fully saturated rings. The van der Waals surface area contributed by atoms with Crippen molar-refractivity contribution in [2.75, 3.05) is 26.5 Å². The zero-order chi connectivity index (χ0) is 13.1. The molecule has 0 spiro atoms. The van der Waals surface area contributed by atoms with Crippen LogP contribution in [-0.4, -0.2) is 42.5 Å². The molecule has 0 saturated carbocycles. The van der Waals surface area contributed by atoms with E-state index in [-0.39, 0.29) is 5.91 Å². The van der Waals surface area contributed by atoms with Crippen LogP contribution in [-0.2, 0) is 0 Å². The maximum Gasteiger partial charge on any atom is 0.255 e. The van der Waals surface area contributed by atoms with Crippen molar-refractivity contribution in [3.8, 4) is 5.75 Å². The lowest BCUT2D eigenvalue weighted by Gasteiger charge is -2.17. The summed E-state index contributed by atoms with van der Waals surface area (Å²) in [6.45, 7) is 1.68. The van der Waals surface area contributed by atoms with Gasteiger partial charge in [-0.3, -0.25) is 4.79 Å². The molecule has 1 aliphatic heterocycles. The van der Waals surface area contributed by atoms with Gasteiger partial charge in [-0.2, -0.15) is 11.8 Å². The summed E-state index contributed by atoms with van der Waals surface area (Å²) in [7, 11) is 1.61. The fourth-order valence-electron chi connectivity index (χ4n) is 2.07. The van der Waals surface area contributed by atoms with Gasteiger partial charge in [0.15, 0.2) is 0 Å². The predicted octanol–water partition coefficient (Wildman–Crippen LogP) is 3.04. The maximum absolute atomic E-state index is 12.4. The van der Waals surface area contributed by atoms with Crippen LogP contribution >= 0.6 is 27.7 Å². The Labute approximate surface area is 120 Å². The summed E-state index contributed by atoms with van der Waals surface area (Å²) < 4.78 is 5.99. The van der Waals surface area contributed by atoms with E-state index in [9.17, 15) is 4.79 Å². The molecule has 1 heterocycles. The molecule has 1 saturated heterocycles. The lowest BCUT2D eigenvalue weighted by Crippen LogP contribution is -2.29. The Kier molecular flexibility index (Phi) is 4.56. The first-order valence-corrected chi connectivity index (χ1v) is 7.89. The van der Waals surface area contributed by atoms with Crippen molar-refractivity contribution < 1.29 is 9.53 Å². The number of likely N-dealkylation sites (tertiary alicyclic amines) is 1. The first-order valence-electron chi connectivity index (χ1n) is 5.81. The SMILES string of the molecule is COc1ccc(Br)c(C(=O)N2CC[C@@H](SC)C2)c1. The molecule has 0 unspecified atom stereocenters. The molecule has 0 aromatic heterocycles. The van der Waals surface area contributed by atoms with Crippen molar-refractivity contribution in [2.45, 2.75) is 11.7 Å². The van der Waals surface area contributed by atoms with Crippen LogP contribution in [0.2, 0.25) is 0 Å². The van der Waals surface area contributed by atoms with Crippen LogP contribution in [0.25, 0.3) is 0 Å². The van der Waals surface area contributed by atoms with E-state index in [1.807, 2.05) is 28.8 Å². The highest BCUT2D eigenvalue weighted by Gasteiger charge is 2.27. The van der Waals surface area contributed by atoms with Crippen LogP contribution in [0.1, 0.15) is 16.8 Å². The molecule has 1 amide bonds. The van der Waals surface area contributed by atoms with Crippen LogP contribution in [0.4, 0.5) is 0 Å². The highest BCUT2D eigenvalue weighted by atomic mass is 79.9. The van der Waals surface area contributed by atoms with Gasteiger partial charge >= 0.3 is 0 Å². The van der Waals surface area contributed by atoms with Gasteiger partial charge in [0.25, 0.3) is 5.91 Å². The van der Waals surface area contributed by atoms with E-state index in [1.165, 1.54) is 0 Å². The number of carbonyl (C=O) groups is 1. The third-order valence-electron chi connectivity index (χ3n) is 3.17. The van der Waals surface area contributed by atoms with Gasteiger partial charge in [-0.1, -0.05) is 0 Å². The van der Waals surface area contributed by atoms with E-state index < -0.39 is 0 Å².